The topological polar surface area (TPSA) is 24.1 Å². The number of hydrogen-bond acceptors (Lipinski definition) is 3. The van der Waals surface area contributed by atoms with Gasteiger partial charge in [-0.25, -0.2) is 0 Å². The van der Waals surface area contributed by atoms with E-state index in [1.807, 2.05) is 11.3 Å². The highest BCUT2D eigenvalue weighted by Gasteiger charge is 2.08. The standard InChI is InChI=1S/C17H22N2S/c1-2-14-7-9-20-17(14)12-18-11-13-5-6-16-15(10-13)4-3-8-19-16/h5-7,9-10,18-19H,2-4,8,11-12H2,1H3. The molecule has 0 spiro atoms. The molecule has 0 aliphatic carbocycles. The van der Waals surface area contributed by atoms with E-state index in [4.69, 9.17) is 0 Å². The van der Waals surface area contributed by atoms with Crippen LogP contribution in [0.2, 0.25) is 0 Å². The van der Waals surface area contributed by atoms with Crippen LogP contribution >= 0.6 is 11.3 Å². The molecule has 2 N–H and O–H groups in total. The van der Waals surface area contributed by atoms with Gasteiger partial charge < -0.3 is 10.6 Å². The fraction of sp³-hybridized carbons (Fsp3) is 0.412. The van der Waals surface area contributed by atoms with Gasteiger partial charge in [-0.1, -0.05) is 19.1 Å². The largest absolute Gasteiger partial charge is 0.385 e. The lowest BCUT2D eigenvalue weighted by Gasteiger charge is -2.18. The number of rotatable bonds is 5. The van der Waals surface area contributed by atoms with E-state index in [0.717, 1.165) is 26.1 Å². The fourth-order valence-electron chi connectivity index (χ4n) is 2.80. The summed E-state index contributed by atoms with van der Waals surface area (Å²) in [5.41, 5.74) is 5.67. The van der Waals surface area contributed by atoms with Gasteiger partial charge in [-0.2, -0.15) is 0 Å². The summed E-state index contributed by atoms with van der Waals surface area (Å²) in [6.07, 6.45) is 3.59. The van der Waals surface area contributed by atoms with Crippen molar-refractivity contribution < 1.29 is 0 Å². The number of benzene rings is 1. The van der Waals surface area contributed by atoms with Crippen LogP contribution in [0.25, 0.3) is 0 Å². The Morgan fingerprint density at radius 3 is 3.10 bits per heavy atom. The van der Waals surface area contributed by atoms with Crippen molar-refractivity contribution in [2.75, 3.05) is 11.9 Å². The minimum Gasteiger partial charge on any atom is -0.385 e. The molecule has 0 bridgehead atoms. The van der Waals surface area contributed by atoms with E-state index >= 15 is 0 Å². The van der Waals surface area contributed by atoms with E-state index in [0.29, 0.717) is 0 Å². The van der Waals surface area contributed by atoms with Crippen LogP contribution in [0.1, 0.15) is 34.9 Å². The molecule has 1 aromatic heterocycles. The lowest BCUT2D eigenvalue weighted by Crippen LogP contribution is -2.15. The van der Waals surface area contributed by atoms with Gasteiger partial charge in [0.05, 0.1) is 0 Å². The number of thiophene rings is 1. The molecule has 0 atom stereocenters. The smallest absolute Gasteiger partial charge is 0.0372 e. The molecule has 1 aromatic carbocycles. The highest BCUT2D eigenvalue weighted by Crippen LogP contribution is 2.23. The lowest BCUT2D eigenvalue weighted by molar-refractivity contribution is 0.695. The molecule has 0 saturated carbocycles. The molecule has 2 nitrogen and oxygen atoms in total. The number of aryl methyl sites for hydroxylation is 2. The predicted molar refractivity (Wildman–Crippen MR) is 87.5 cm³/mol. The van der Waals surface area contributed by atoms with Gasteiger partial charge in [0.1, 0.15) is 0 Å². The van der Waals surface area contributed by atoms with Gasteiger partial charge in [-0.05, 0) is 53.5 Å². The monoisotopic (exact) mass is 286 g/mol. The van der Waals surface area contributed by atoms with Gasteiger partial charge in [0, 0.05) is 30.2 Å². The van der Waals surface area contributed by atoms with Gasteiger partial charge in [0.2, 0.25) is 0 Å². The molecule has 0 amide bonds. The van der Waals surface area contributed by atoms with E-state index < -0.39 is 0 Å². The van der Waals surface area contributed by atoms with Crippen molar-refractivity contribution in [1.29, 1.82) is 0 Å². The molecule has 1 aliphatic heterocycles. The van der Waals surface area contributed by atoms with Crippen LogP contribution < -0.4 is 10.6 Å². The summed E-state index contributed by atoms with van der Waals surface area (Å²) in [6.45, 7) is 5.27. The minimum absolute atomic E-state index is 0.953. The Bertz CT molecular complexity index is 574. The number of anilines is 1. The second-order valence-electron chi connectivity index (χ2n) is 5.35. The molecule has 20 heavy (non-hydrogen) atoms. The van der Waals surface area contributed by atoms with E-state index in [1.54, 1.807) is 0 Å². The third-order valence-corrected chi connectivity index (χ3v) is 4.90. The van der Waals surface area contributed by atoms with E-state index in [1.165, 1.54) is 40.1 Å². The van der Waals surface area contributed by atoms with Crippen molar-refractivity contribution in [3.63, 3.8) is 0 Å². The third-order valence-electron chi connectivity index (χ3n) is 3.94. The highest BCUT2D eigenvalue weighted by molar-refractivity contribution is 7.10. The summed E-state index contributed by atoms with van der Waals surface area (Å²) in [6, 6.07) is 9.06. The Hall–Kier alpha value is -1.32. The summed E-state index contributed by atoms with van der Waals surface area (Å²) in [5, 5.41) is 9.24. The Morgan fingerprint density at radius 2 is 2.20 bits per heavy atom. The average Bonchev–Trinajstić information content (AvgIpc) is 2.95. The first-order valence-electron chi connectivity index (χ1n) is 7.48. The quantitative estimate of drug-likeness (QED) is 0.869. The minimum atomic E-state index is 0.953. The first-order chi connectivity index (χ1) is 9.86. The van der Waals surface area contributed by atoms with Crippen molar-refractivity contribution in [2.24, 2.45) is 0 Å². The SMILES string of the molecule is CCc1ccsc1CNCc1ccc2c(c1)CCCN2. The van der Waals surface area contributed by atoms with Crippen molar-refractivity contribution in [1.82, 2.24) is 5.32 Å². The molecule has 2 aromatic rings. The van der Waals surface area contributed by atoms with E-state index in [-0.39, 0.29) is 0 Å². The number of hydrogen-bond donors (Lipinski definition) is 2. The van der Waals surface area contributed by atoms with Crippen LogP contribution in [-0.4, -0.2) is 6.54 Å². The van der Waals surface area contributed by atoms with Gasteiger partial charge in [0.15, 0.2) is 0 Å². The second kappa shape index (κ2) is 6.42. The summed E-state index contributed by atoms with van der Waals surface area (Å²) in [5.74, 6) is 0. The summed E-state index contributed by atoms with van der Waals surface area (Å²) >= 11 is 1.86. The van der Waals surface area contributed by atoms with Crippen LogP contribution in [0.4, 0.5) is 5.69 Å². The molecule has 3 heteroatoms. The predicted octanol–water partition coefficient (Wildman–Crippen LogP) is 3.96. The van der Waals surface area contributed by atoms with Gasteiger partial charge >= 0.3 is 0 Å². The number of fused-ring (bicyclic) bond motifs is 1. The van der Waals surface area contributed by atoms with Gasteiger partial charge in [-0.15, -0.1) is 11.3 Å². The van der Waals surface area contributed by atoms with Crippen LogP contribution in [0.5, 0.6) is 0 Å². The Morgan fingerprint density at radius 1 is 1.25 bits per heavy atom. The maximum absolute atomic E-state index is 3.58. The molecule has 1 aliphatic rings. The lowest BCUT2D eigenvalue weighted by atomic mass is 10.0. The zero-order chi connectivity index (χ0) is 13.8. The van der Waals surface area contributed by atoms with E-state index in [2.05, 4.69) is 47.2 Å². The number of nitrogens with one attached hydrogen (secondary N) is 2. The molecular formula is C17H22N2S. The maximum Gasteiger partial charge on any atom is 0.0372 e. The van der Waals surface area contributed by atoms with Crippen molar-refractivity contribution >= 4 is 17.0 Å². The highest BCUT2D eigenvalue weighted by atomic mass is 32.1. The van der Waals surface area contributed by atoms with Crippen LogP contribution in [0.3, 0.4) is 0 Å². The van der Waals surface area contributed by atoms with Crippen LogP contribution in [-0.2, 0) is 25.9 Å². The first kappa shape index (κ1) is 13.7. The van der Waals surface area contributed by atoms with Crippen LogP contribution in [0.15, 0.2) is 29.6 Å². The third kappa shape index (κ3) is 3.05. The molecule has 0 fully saturated rings. The molecule has 2 heterocycles. The van der Waals surface area contributed by atoms with Crippen molar-refractivity contribution in [2.45, 2.75) is 39.3 Å². The normalized spacial score (nSPS) is 13.8. The zero-order valence-corrected chi connectivity index (χ0v) is 12.9. The zero-order valence-electron chi connectivity index (χ0n) is 12.0. The maximum atomic E-state index is 3.58. The average molecular weight is 286 g/mol. The summed E-state index contributed by atoms with van der Waals surface area (Å²) < 4.78 is 0. The van der Waals surface area contributed by atoms with Gasteiger partial charge in [-0.3, -0.25) is 0 Å². The Labute approximate surface area is 125 Å². The van der Waals surface area contributed by atoms with Crippen molar-refractivity contribution in [3.05, 3.63) is 51.2 Å². The Kier molecular flexibility index (Phi) is 4.38. The summed E-state index contributed by atoms with van der Waals surface area (Å²) in [7, 11) is 0. The molecule has 3 rings (SSSR count). The second-order valence-corrected chi connectivity index (χ2v) is 6.35. The summed E-state index contributed by atoms with van der Waals surface area (Å²) in [4.78, 5) is 1.48. The van der Waals surface area contributed by atoms with E-state index in [9.17, 15) is 0 Å². The van der Waals surface area contributed by atoms with Crippen molar-refractivity contribution in [3.8, 4) is 0 Å². The molecular weight excluding hydrogens is 264 g/mol. The molecule has 0 radical (unpaired) electrons. The molecule has 0 saturated heterocycles. The van der Waals surface area contributed by atoms with Crippen LogP contribution in [0, 0.1) is 0 Å². The molecule has 106 valence electrons. The van der Waals surface area contributed by atoms with Gasteiger partial charge in [0.25, 0.3) is 0 Å². The fourth-order valence-corrected chi connectivity index (χ4v) is 3.74. The first-order valence-corrected chi connectivity index (χ1v) is 8.36. The molecule has 0 unspecified atom stereocenters. The Balaban J connectivity index is 1.58.